The monoisotopic (exact) mass is 460 g/mol. The molecular weight excluding hydrogens is 427 g/mol. The lowest BCUT2D eigenvalue weighted by molar-refractivity contribution is -0.171. The summed E-state index contributed by atoms with van der Waals surface area (Å²) in [5.74, 6) is 2.42. The van der Waals surface area contributed by atoms with E-state index in [1.807, 2.05) is 7.05 Å². The molecule has 5 unspecified atom stereocenters. The lowest BCUT2D eigenvalue weighted by Crippen LogP contribution is -2.72. The first-order chi connectivity index (χ1) is 11.7. The highest BCUT2D eigenvalue weighted by molar-refractivity contribution is 14.0. The summed E-state index contributed by atoms with van der Waals surface area (Å²) in [6.07, 6.45) is 8.58. The molecule has 142 valence electrons. The standard InChI is InChI=1S/C19H32N4O.HI/c1-12-10-23(13-4-5-13)11-15(12)21-18(20-2)22-16-14-6-9-24-17(14)19(16)7-3-8-19;/h12-17H,3-11H2,1-2H3,(H2,20,21,22);1H. The zero-order chi connectivity index (χ0) is 16.3. The molecule has 2 N–H and O–H groups in total. The minimum Gasteiger partial charge on any atom is -0.377 e. The average molecular weight is 460 g/mol. The number of rotatable bonds is 3. The predicted molar refractivity (Wildman–Crippen MR) is 111 cm³/mol. The van der Waals surface area contributed by atoms with Crippen LogP contribution < -0.4 is 10.6 Å². The number of ether oxygens (including phenoxy) is 1. The molecule has 2 saturated heterocycles. The van der Waals surface area contributed by atoms with Crippen molar-refractivity contribution >= 4 is 29.9 Å². The molecule has 3 saturated carbocycles. The molecule has 2 heterocycles. The maximum absolute atomic E-state index is 6.05. The van der Waals surface area contributed by atoms with E-state index in [4.69, 9.17) is 4.74 Å². The molecule has 2 aliphatic heterocycles. The van der Waals surface area contributed by atoms with Crippen molar-refractivity contribution in [3.63, 3.8) is 0 Å². The average Bonchev–Trinajstić information content (AvgIpc) is 3.19. The third-order valence-electron chi connectivity index (χ3n) is 7.58. The Balaban J connectivity index is 0.00000157. The van der Waals surface area contributed by atoms with Crippen LogP contribution in [0.15, 0.2) is 4.99 Å². The third kappa shape index (κ3) is 2.90. The number of nitrogens with one attached hydrogen (secondary N) is 2. The van der Waals surface area contributed by atoms with Crippen molar-refractivity contribution in [1.29, 1.82) is 0 Å². The van der Waals surface area contributed by atoms with Crippen LogP contribution in [0.1, 0.15) is 45.4 Å². The quantitative estimate of drug-likeness (QED) is 0.385. The normalized spacial score (nSPS) is 42.3. The van der Waals surface area contributed by atoms with E-state index in [1.165, 1.54) is 51.6 Å². The largest absolute Gasteiger partial charge is 0.377 e. The lowest BCUT2D eigenvalue weighted by Gasteiger charge is -2.63. The van der Waals surface area contributed by atoms with Gasteiger partial charge in [0.25, 0.3) is 0 Å². The summed E-state index contributed by atoms with van der Waals surface area (Å²) >= 11 is 0. The van der Waals surface area contributed by atoms with Gasteiger partial charge in [-0.15, -0.1) is 24.0 Å². The van der Waals surface area contributed by atoms with Crippen molar-refractivity contribution in [3.05, 3.63) is 0 Å². The Hall–Kier alpha value is -0.0800. The van der Waals surface area contributed by atoms with Crippen molar-refractivity contribution in [2.45, 2.75) is 69.7 Å². The number of nitrogens with zero attached hydrogens (tertiary/aromatic N) is 2. The van der Waals surface area contributed by atoms with E-state index in [9.17, 15) is 0 Å². The van der Waals surface area contributed by atoms with Gasteiger partial charge in [0.15, 0.2) is 5.96 Å². The first kappa shape index (κ1) is 18.3. The highest BCUT2D eigenvalue weighted by Gasteiger charge is 2.66. The van der Waals surface area contributed by atoms with Gasteiger partial charge in [0.2, 0.25) is 0 Å². The van der Waals surface area contributed by atoms with Crippen LogP contribution in [0, 0.1) is 17.3 Å². The van der Waals surface area contributed by atoms with E-state index >= 15 is 0 Å². The second-order valence-corrected chi connectivity index (χ2v) is 8.94. The zero-order valence-corrected chi connectivity index (χ0v) is 17.9. The summed E-state index contributed by atoms with van der Waals surface area (Å²) in [5.41, 5.74) is 0.417. The van der Waals surface area contributed by atoms with Gasteiger partial charge in [0, 0.05) is 56.2 Å². The van der Waals surface area contributed by atoms with Gasteiger partial charge in [-0.1, -0.05) is 13.3 Å². The fourth-order valence-electron chi connectivity index (χ4n) is 5.88. The van der Waals surface area contributed by atoms with E-state index in [0.717, 1.165) is 18.6 Å². The van der Waals surface area contributed by atoms with Crippen LogP contribution in [0.4, 0.5) is 0 Å². The molecule has 0 bridgehead atoms. The van der Waals surface area contributed by atoms with Crippen LogP contribution in [-0.2, 0) is 4.74 Å². The van der Waals surface area contributed by atoms with Crippen LogP contribution in [-0.4, -0.2) is 61.8 Å². The molecule has 5 nitrogen and oxygen atoms in total. The van der Waals surface area contributed by atoms with Crippen LogP contribution in [0.5, 0.6) is 0 Å². The summed E-state index contributed by atoms with van der Waals surface area (Å²) < 4.78 is 6.05. The highest BCUT2D eigenvalue weighted by atomic mass is 127. The lowest BCUT2D eigenvalue weighted by atomic mass is 9.46. The Morgan fingerprint density at radius 2 is 1.96 bits per heavy atom. The topological polar surface area (TPSA) is 48.9 Å². The van der Waals surface area contributed by atoms with Crippen molar-refractivity contribution < 1.29 is 4.74 Å². The van der Waals surface area contributed by atoms with E-state index in [1.54, 1.807) is 0 Å². The summed E-state index contributed by atoms with van der Waals surface area (Å²) in [7, 11) is 1.92. The number of aliphatic imine (C=N–C) groups is 1. The number of fused-ring (bicyclic) bond motifs is 2. The van der Waals surface area contributed by atoms with Gasteiger partial charge in [-0.2, -0.15) is 0 Å². The second-order valence-electron chi connectivity index (χ2n) is 8.94. The van der Waals surface area contributed by atoms with E-state index in [-0.39, 0.29) is 24.0 Å². The minimum absolute atomic E-state index is 0. The van der Waals surface area contributed by atoms with E-state index < -0.39 is 0 Å². The van der Waals surface area contributed by atoms with E-state index in [2.05, 4.69) is 27.4 Å². The molecule has 0 amide bonds. The fourth-order valence-corrected chi connectivity index (χ4v) is 5.88. The molecule has 5 fully saturated rings. The second kappa shape index (κ2) is 6.82. The third-order valence-corrected chi connectivity index (χ3v) is 7.58. The number of hydrogen-bond donors (Lipinski definition) is 2. The van der Waals surface area contributed by atoms with Crippen molar-refractivity contribution in [2.75, 3.05) is 26.7 Å². The van der Waals surface area contributed by atoms with Gasteiger partial charge in [0.1, 0.15) is 0 Å². The van der Waals surface area contributed by atoms with Gasteiger partial charge in [-0.25, -0.2) is 0 Å². The minimum atomic E-state index is 0. The van der Waals surface area contributed by atoms with Gasteiger partial charge < -0.3 is 15.4 Å². The Morgan fingerprint density at radius 1 is 1.16 bits per heavy atom. The van der Waals surface area contributed by atoms with Crippen molar-refractivity contribution in [2.24, 2.45) is 22.2 Å². The molecule has 0 aromatic heterocycles. The number of likely N-dealkylation sites (tertiary alicyclic amines) is 1. The van der Waals surface area contributed by atoms with Crippen LogP contribution in [0.25, 0.3) is 0 Å². The summed E-state index contributed by atoms with van der Waals surface area (Å²) in [4.78, 5) is 7.24. The Bertz CT molecular complexity index is 534. The van der Waals surface area contributed by atoms with Crippen LogP contribution in [0.3, 0.4) is 0 Å². The smallest absolute Gasteiger partial charge is 0.191 e. The van der Waals surface area contributed by atoms with Gasteiger partial charge in [0.05, 0.1) is 6.10 Å². The summed E-state index contributed by atoms with van der Waals surface area (Å²) in [5, 5.41) is 7.56. The molecule has 0 aromatic carbocycles. The molecule has 0 aromatic rings. The van der Waals surface area contributed by atoms with Crippen LogP contribution in [0.2, 0.25) is 0 Å². The number of guanidine groups is 1. The molecule has 25 heavy (non-hydrogen) atoms. The molecule has 0 radical (unpaired) electrons. The maximum Gasteiger partial charge on any atom is 0.191 e. The number of hydrogen-bond acceptors (Lipinski definition) is 3. The summed E-state index contributed by atoms with van der Waals surface area (Å²) in [6, 6.07) is 1.97. The zero-order valence-electron chi connectivity index (χ0n) is 15.5. The first-order valence-corrected chi connectivity index (χ1v) is 10.1. The fraction of sp³-hybridized carbons (Fsp3) is 0.947. The highest BCUT2D eigenvalue weighted by Crippen LogP contribution is 2.62. The van der Waals surface area contributed by atoms with Gasteiger partial charge >= 0.3 is 0 Å². The van der Waals surface area contributed by atoms with Crippen molar-refractivity contribution in [1.82, 2.24) is 15.5 Å². The molecule has 5 aliphatic rings. The molecular formula is C19H33IN4O. The molecule has 5 rings (SSSR count). The molecule has 6 heteroatoms. The van der Waals surface area contributed by atoms with Gasteiger partial charge in [-0.05, 0) is 38.0 Å². The number of halogens is 1. The first-order valence-electron chi connectivity index (χ1n) is 10.1. The molecule has 1 spiro atoms. The Kier molecular flexibility index (Phi) is 4.99. The van der Waals surface area contributed by atoms with Crippen LogP contribution >= 0.6 is 24.0 Å². The molecule has 3 aliphatic carbocycles. The SMILES string of the molecule is CN=C(NC1CN(C2CC2)CC1C)NC1C2CCOC2C12CCC2.I. The summed E-state index contributed by atoms with van der Waals surface area (Å²) in [6.45, 7) is 5.75. The van der Waals surface area contributed by atoms with Crippen molar-refractivity contribution in [3.8, 4) is 0 Å². The Labute approximate surface area is 168 Å². The van der Waals surface area contributed by atoms with E-state index in [0.29, 0.717) is 35.4 Å². The van der Waals surface area contributed by atoms with Gasteiger partial charge in [-0.3, -0.25) is 9.89 Å². The Morgan fingerprint density at radius 3 is 2.60 bits per heavy atom. The maximum atomic E-state index is 6.05. The molecule has 5 atom stereocenters. The predicted octanol–water partition coefficient (Wildman–Crippen LogP) is 2.21.